The van der Waals surface area contributed by atoms with E-state index in [-0.39, 0.29) is 17.4 Å². The number of carbonyl (C=O) groups is 1. The second-order valence-electron chi connectivity index (χ2n) is 8.63. The molecule has 1 aliphatic carbocycles. The molecule has 1 aliphatic rings. The van der Waals surface area contributed by atoms with Crippen LogP contribution in [0.5, 0.6) is 0 Å². The summed E-state index contributed by atoms with van der Waals surface area (Å²) in [5, 5.41) is 0. The highest BCUT2D eigenvalue weighted by Crippen LogP contribution is 2.36. The minimum atomic E-state index is -0.0232. The van der Waals surface area contributed by atoms with Gasteiger partial charge in [0.05, 0.1) is 0 Å². The Hall–Kier alpha value is -0.570. The lowest BCUT2D eigenvalue weighted by Gasteiger charge is -2.39. The van der Waals surface area contributed by atoms with E-state index in [0.717, 1.165) is 19.3 Å². The summed E-state index contributed by atoms with van der Waals surface area (Å²) in [5.74, 6) is 0.214. The topological polar surface area (TPSA) is 46.3 Å². The van der Waals surface area contributed by atoms with Crippen LogP contribution in [0.2, 0.25) is 0 Å². The predicted octanol–water partition coefficient (Wildman–Crippen LogP) is 3.57. The van der Waals surface area contributed by atoms with Gasteiger partial charge in [-0.2, -0.15) is 0 Å². The molecule has 0 spiro atoms. The zero-order valence-corrected chi connectivity index (χ0v) is 14.3. The van der Waals surface area contributed by atoms with Crippen molar-refractivity contribution in [2.75, 3.05) is 7.05 Å². The Balaban J connectivity index is 2.43. The van der Waals surface area contributed by atoms with Crippen molar-refractivity contribution in [2.45, 2.75) is 85.2 Å². The fraction of sp³-hybridized carbons (Fsp3) is 0.941. The van der Waals surface area contributed by atoms with Gasteiger partial charge in [-0.15, -0.1) is 0 Å². The van der Waals surface area contributed by atoms with Crippen LogP contribution < -0.4 is 5.73 Å². The van der Waals surface area contributed by atoms with Crippen molar-refractivity contribution in [3.8, 4) is 0 Å². The number of amides is 1. The zero-order valence-electron chi connectivity index (χ0n) is 14.3. The molecule has 3 nitrogen and oxygen atoms in total. The first kappa shape index (κ1) is 17.5. The molecule has 3 heteroatoms. The molecule has 0 heterocycles. The standard InChI is InChI=1S/C17H34N2O/c1-16(2,3)12-13(18)11-15(20)19(6)14-7-9-17(4,5)10-8-14/h13-14H,7-12,18H2,1-6H3. The van der Waals surface area contributed by atoms with Gasteiger partial charge in [0.2, 0.25) is 5.91 Å². The van der Waals surface area contributed by atoms with Gasteiger partial charge in [-0.25, -0.2) is 0 Å². The van der Waals surface area contributed by atoms with Crippen molar-refractivity contribution in [1.82, 2.24) is 4.90 Å². The zero-order chi connectivity index (χ0) is 15.6. The van der Waals surface area contributed by atoms with E-state index in [2.05, 4.69) is 34.6 Å². The van der Waals surface area contributed by atoms with Crippen LogP contribution in [0.15, 0.2) is 0 Å². The quantitative estimate of drug-likeness (QED) is 0.857. The van der Waals surface area contributed by atoms with Gasteiger partial charge in [0.15, 0.2) is 0 Å². The second kappa shape index (κ2) is 6.46. The van der Waals surface area contributed by atoms with E-state index in [1.165, 1.54) is 12.8 Å². The lowest BCUT2D eigenvalue weighted by atomic mass is 9.75. The average molecular weight is 282 g/mol. The molecule has 1 amide bonds. The molecule has 118 valence electrons. The molecule has 1 atom stereocenters. The SMILES string of the molecule is CN(C(=O)CC(N)CC(C)(C)C)C1CCC(C)(C)CC1. The van der Waals surface area contributed by atoms with Crippen molar-refractivity contribution in [3.63, 3.8) is 0 Å². The van der Waals surface area contributed by atoms with Gasteiger partial charge in [0.1, 0.15) is 0 Å². The van der Waals surface area contributed by atoms with Crippen LogP contribution in [-0.2, 0) is 4.79 Å². The third kappa shape index (κ3) is 5.82. The van der Waals surface area contributed by atoms with Gasteiger partial charge in [0, 0.05) is 25.6 Å². The number of nitrogens with two attached hydrogens (primary N) is 1. The van der Waals surface area contributed by atoms with Gasteiger partial charge < -0.3 is 10.6 Å². The Morgan fingerprint density at radius 1 is 1.30 bits per heavy atom. The fourth-order valence-corrected chi connectivity index (χ4v) is 3.20. The molecule has 0 bridgehead atoms. The lowest BCUT2D eigenvalue weighted by molar-refractivity contribution is -0.133. The first-order valence-electron chi connectivity index (χ1n) is 8.01. The number of hydrogen-bond acceptors (Lipinski definition) is 2. The molecule has 0 aromatic heterocycles. The summed E-state index contributed by atoms with van der Waals surface area (Å²) in [6, 6.07) is 0.391. The summed E-state index contributed by atoms with van der Waals surface area (Å²) in [6.45, 7) is 11.2. The third-order valence-electron chi connectivity index (χ3n) is 4.56. The summed E-state index contributed by atoms with van der Waals surface area (Å²) in [5.41, 5.74) is 6.76. The molecular weight excluding hydrogens is 248 g/mol. The molecule has 1 rings (SSSR count). The molecule has 1 unspecified atom stereocenters. The van der Waals surface area contributed by atoms with Crippen LogP contribution in [0.25, 0.3) is 0 Å². The first-order chi connectivity index (χ1) is 9.00. The van der Waals surface area contributed by atoms with E-state index in [1.54, 1.807) is 0 Å². The van der Waals surface area contributed by atoms with Gasteiger partial charge >= 0.3 is 0 Å². The molecule has 0 saturated heterocycles. The van der Waals surface area contributed by atoms with Crippen molar-refractivity contribution in [1.29, 1.82) is 0 Å². The van der Waals surface area contributed by atoms with Crippen molar-refractivity contribution in [2.24, 2.45) is 16.6 Å². The van der Waals surface area contributed by atoms with E-state index in [1.807, 2.05) is 11.9 Å². The molecule has 1 fully saturated rings. The van der Waals surface area contributed by atoms with Crippen LogP contribution >= 0.6 is 0 Å². The van der Waals surface area contributed by atoms with Crippen LogP contribution in [0, 0.1) is 10.8 Å². The summed E-state index contributed by atoms with van der Waals surface area (Å²) in [4.78, 5) is 14.3. The van der Waals surface area contributed by atoms with E-state index in [0.29, 0.717) is 17.9 Å². The predicted molar refractivity (Wildman–Crippen MR) is 85.5 cm³/mol. The van der Waals surface area contributed by atoms with E-state index >= 15 is 0 Å². The van der Waals surface area contributed by atoms with Crippen molar-refractivity contribution >= 4 is 5.91 Å². The minimum absolute atomic E-state index is 0.0232. The normalized spacial score (nSPS) is 21.6. The van der Waals surface area contributed by atoms with Crippen molar-refractivity contribution < 1.29 is 4.79 Å². The van der Waals surface area contributed by atoms with E-state index < -0.39 is 0 Å². The number of carbonyl (C=O) groups excluding carboxylic acids is 1. The summed E-state index contributed by atoms with van der Waals surface area (Å²) < 4.78 is 0. The minimum Gasteiger partial charge on any atom is -0.343 e. The third-order valence-corrected chi connectivity index (χ3v) is 4.56. The van der Waals surface area contributed by atoms with Gasteiger partial charge in [-0.05, 0) is 42.9 Å². The molecule has 2 N–H and O–H groups in total. The first-order valence-corrected chi connectivity index (χ1v) is 8.01. The Bertz CT molecular complexity index is 320. The van der Waals surface area contributed by atoms with Crippen LogP contribution in [-0.4, -0.2) is 29.9 Å². The molecule has 0 radical (unpaired) electrons. The van der Waals surface area contributed by atoms with Crippen LogP contribution in [0.1, 0.15) is 73.1 Å². The Kier molecular flexibility index (Phi) is 5.65. The highest BCUT2D eigenvalue weighted by Gasteiger charge is 2.31. The fourth-order valence-electron chi connectivity index (χ4n) is 3.20. The maximum Gasteiger partial charge on any atom is 0.224 e. The van der Waals surface area contributed by atoms with Gasteiger partial charge in [-0.3, -0.25) is 4.79 Å². The average Bonchev–Trinajstić information content (AvgIpc) is 2.25. The van der Waals surface area contributed by atoms with E-state index in [9.17, 15) is 4.79 Å². The summed E-state index contributed by atoms with van der Waals surface area (Å²) in [6.07, 6.45) is 6.05. The van der Waals surface area contributed by atoms with Crippen molar-refractivity contribution in [3.05, 3.63) is 0 Å². The second-order valence-corrected chi connectivity index (χ2v) is 8.63. The molecule has 0 aliphatic heterocycles. The number of hydrogen-bond donors (Lipinski definition) is 1. The maximum atomic E-state index is 12.3. The summed E-state index contributed by atoms with van der Waals surface area (Å²) >= 11 is 0. The molecular formula is C17H34N2O. The smallest absolute Gasteiger partial charge is 0.224 e. The Labute approximate surface area is 125 Å². The Morgan fingerprint density at radius 3 is 2.25 bits per heavy atom. The van der Waals surface area contributed by atoms with Gasteiger partial charge in [0.25, 0.3) is 0 Å². The number of nitrogens with zero attached hydrogens (tertiary/aromatic N) is 1. The highest BCUT2D eigenvalue weighted by molar-refractivity contribution is 5.76. The Morgan fingerprint density at radius 2 is 1.80 bits per heavy atom. The molecule has 20 heavy (non-hydrogen) atoms. The molecule has 1 saturated carbocycles. The lowest BCUT2D eigenvalue weighted by Crippen LogP contribution is -2.43. The monoisotopic (exact) mass is 282 g/mol. The summed E-state index contributed by atoms with van der Waals surface area (Å²) in [7, 11) is 1.95. The van der Waals surface area contributed by atoms with Crippen LogP contribution in [0.3, 0.4) is 0 Å². The maximum absolute atomic E-state index is 12.3. The highest BCUT2D eigenvalue weighted by atomic mass is 16.2. The van der Waals surface area contributed by atoms with Crippen LogP contribution in [0.4, 0.5) is 0 Å². The number of rotatable bonds is 4. The van der Waals surface area contributed by atoms with E-state index in [4.69, 9.17) is 5.73 Å². The van der Waals surface area contributed by atoms with Gasteiger partial charge in [-0.1, -0.05) is 34.6 Å². The largest absolute Gasteiger partial charge is 0.343 e. The molecule has 0 aromatic rings. The molecule has 0 aromatic carbocycles.